The van der Waals surface area contributed by atoms with Gasteiger partial charge in [0.2, 0.25) is 0 Å². The molecule has 0 aromatic rings. The molecule has 0 unspecified atom stereocenters. The molecule has 3 heteroatoms. The first-order valence-corrected chi connectivity index (χ1v) is 6.73. The molecule has 0 aromatic carbocycles. The van der Waals surface area contributed by atoms with Crippen LogP contribution in [0.4, 0.5) is 0 Å². The number of nitrogens with zero attached hydrogens (tertiary/aromatic N) is 1. The van der Waals surface area contributed by atoms with Crippen molar-refractivity contribution in [2.75, 3.05) is 7.05 Å². The number of aliphatic imine (C=N–C) groups is 1. The molecule has 2 N–H and O–H groups in total. The third-order valence-corrected chi connectivity index (χ3v) is 3.94. The summed E-state index contributed by atoms with van der Waals surface area (Å²) in [4.78, 5) is 16.4. The zero-order chi connectivity index (χ0) is 12.3. The smallest absolute Gasteiger partial charge is 0.166 e. The van der Waals surface area contributed by atoms with Crippen molar-refractivity contribution in [3.05, 3.63) is 11.3 Å². The van der Waals surface area contributed by atoms with Crippen LogP contribution in [0, 0.1) is 5.92 Å². The first-order chi connectivity index (χ1) is 8.24. The number of ketones is 1. The molecule has 1 saturated carbocycles. The van der Waals surface area contributed by atoms with E-state index in [1.807, 2.05) is 0 Å². The summed E-state index contributed by atoms with van der Waals surface area (Å²) < 4.78 is 0. The van der Waals surface area contributed by atoms with Crippen molar-refractivity contribution in [2.45, 2.75) is 51.4 Å². The molecule has 1 fully saturated rings. The van der Waals surface area contributed by atoms with Crippen LogP contribution >= 0.6 is 0 Å². The highest BCUT2D eigenvalue weighted by molar-refractivity contribution is 6.24. The fraction of sp³-hybridized carbons (Fsp3) is 0.714. The van der Waals surface area contributed by atoms with Gasteiger partial charge in [-0.1, -0.05) is 19.3 Å². The summed E-state index contributed by atoms with van der Waals surface area (Å²) in [5, 5.41) is 0. The Hall–Kier alpha value is -1.12. The van der Waals surface area contributed by atoms with Gasteiger partial charge in [-0.25, -0.2) is 0 Å². The summed E-state index contributed by atoms with van der Waals surface area (Å²) in [6.07, 6.45) is 8.55. The van der Waals surface area contributed by atoms with Crippen LogP contribution in [0.3, 0.4) is 0 Å². The van der Waals surface area contributed by atoms with Crippen LogP contribution in [-0.4, -0.2) is 18.5 Å². The number of allylic oxidation sites excluding steroid dienone is 2. The molecule has 0 aromatic heterocycles. The standard InChI is InChI=1S/C14H22N2O/c1-16-14(10-6-3-2-4-7-10)13-11(15)8-5-9-12(13)17/h10H,2-9,15H2,1H3. The van der Waals surface area contributed by atoms with Gasteiger partial charge in [0.05, 0.1) is 11.3 Å². The number of hydrogen-bond acceptors (Lipinski definition) is 3. The molecular formula is C14H22N2O. The van der Waals surface area contributed by atoms with Crippen molar-refractivity contribution in [3.63, 3.8) is 0 Å². The van der Waals surface area contributed by atoms with Gasteiger partial charge < -0.3 is 5.73 Å². The van der Waals surface area contributed by atoms with Gasteiger partial charge in [0.1, 0.15) is 0 Å². The maximum Gasteiger partial charge on any atom is 0.166 e. The van der Waals surface area contributed by atoms with E-state index >= 15 is 0 Å². The van der Waals surface area contributed by atoms with Crippen molar-refractivity contribution in [1.82, 2.24) is 0 Å². The first kappa shape index (κ1) is 12.3. The lowest BCUT2D eigenvalue weighted by atomic mass is 9.79. The van der Waals surface area contributed by atoms with Crippen LogP contribution in [0.15, 0.2) is 16.3 Å². The van der Waals surface area contributed by atoms with E-state index in [-0.39, 0.29) is 5.78 Å². The molecule has 0 atom stereocenters. The van der Waals surface area contributed by atoms with Crippen molar-refractivity contribution in [3.8, 4) is 0 Å². The molecule has 0 bridgehead atoms. The average Bonchev–Trinajstić information content (AvgIpc) is 2.35. The third-order valence-electron chi connectivity index (χ3n) is 3.94. The molecule has 0 radical (unpaired) electrons. The Bertz CT molecular complexity index is 362. The normalized spacial score (nSPS) is 24.3. The van der Waals surface area contributed by atoms with Gasteiger partial charge in [0.25, 0.3) is 0 Å². The summed E-state index contributed by atoms with van der Waals surface area (Å²) >= 11 is 0. The fourth-order valence-corrected chi connectivity index (χ4v) is 3.05. The SMILES string of the molecule is CN=C(C1=C(N)CCCC1=O)C1CCCCC1. The summed E-state index contributed by atoms with van der Waals surface area (Å²) in [5.74, 6) is 0.671. The second-order valence-corrected chi connectivity index (χ2v) is 5.12. The lowest BCUT2D eigenvalue weighted by molar-refractivity contribution is -0.115. The summed E-state index contributed by atoms with van der Waals surface area (Å²) in [5.41, 5.74) is 8.56. The molecule has 0 saturated heterocycles. The highest BCUT2D eigenvalue weighted by Crippen LogP contribution is 2.30. The van der Waals surface area contributed by atoms with Crippen LogP contribution < -0.4 is 5.73 Å². The minimum atomic E-state index is 0.208. The van der Waals surface area contributed by atoms with Crippen molar-refractivity contribution >= 4 is 11.5 Å². The summed E-state index contributed by atoms with van der Waals surface area (Å²) in [7, 11) is 1.80. The van der Waals surface area contributed by atoms with Crippen LogP contribution in [0.25, 0.3) is 0 Å². The Morgan fingerprint density at radius 3 is 2.47 bits per heavy atom. The number of nitrogens with two attached hydrogens (primary N) is 1. The number of carbonyl (C=O) groups excluding carboxylic acids is 1. The number of Topliss-reactive ketones (excluding diaryl/α,β-unsaturated/α-hetero) is 1. The molecule has 0 amide bonds. The van der Waals surface area contributed by atoms with E-state index in [0.717, 1.165) is 42.7 Å². The molecule has 0 aliphatic heterocycles. The predicted molar refractivity (Wildman–Crippen MR) is 70.0 cm³/mol. The quantitative estimate of drug-likeness (QED) is 0.747. The molecule has 0 spiro atoms. The largest absolute Gasteiger partial charge is 0.401 e. The van der Waals surface area contributed by atoms with Crippen molar-refractivity contribution < 1.29 is 4.79 Å². The highest BCUT2D eigenvalue weighted by atomic mass is 16.1. The summed E-state index contributed by atoms with van der Waals surface area (Å²) in [6, 6.07) is 0. The molecule has 3 nitrogen and oxygen atoms in total. The van der Waals surface area contributed by atoms with E-state index in [1.54, 1.807) is 7.05 Å². The van der Waals surface area contributed by atoms with Gasteiger partial charge in [-0.3, -0.25) is 9.79 Å². The summed E-state index contributed by atoms with van der Waals surface area (Å²) in [6.45, 7) is 0. The van der Waals surface area contributed by atoms with Crippen LogP contribution in [0.2, 0.25) is 0 Å². The second kappa shape index (κ2) is 5.48. The minimum Gasteiger partial charge on any atom is -0.401 e. The van der Waals surface area contributed by atoms with Gasteiger partial charge in [0, 0.05) is 25.1 Å². The fourth-order valence-electron chi connectivity index (χ4n) is 3.05. The Kier molecular flexibility index (Phi) is 3.97. The predicted octanol–water partition coefficient (Wildman–Crippen LogP) is 2.60. The minimum absolute atomic E-state index is 0.208. The lowest BCUT2D eigenvalue weighted by Crippen LogP contribution is -2.29. The van der Waals surface area contributed by atoms with E-state index < -0.39 is 0 Å². The Labute approximate surface area is 103 Å². The van der Waals surface area contributed by atoms with Crippen LogP contribution in [0.1, 0.15) is 51.4 Å². The first-order valence-electron chi connectivity index (χ1n) is 6.73. The average molecular weight is 234 g/mol. The van der Waals surface area contributed by atoms with E-state index in [1.165, 1.54) is 19.3 Å². The van der Waals surface area contributed by atoms with Gasteiger partial charge >= 0.3 is 0 Å². The van der Waals surface area contributed by atoms with Gasteiger partial charge in [-0.15, -0.1) is 0 Å². The number of carbonyl (C=O) groups is 1. The lowest BCUT2D eigenvalue weighted by Gasteiger charge is -2.26. The van der Waals surface area contributed by atoms with Crippen LogP contribution in [0.5, 0.6) is 0 Å². The molecule has 0 heterocycles. The number of rotatable bonds is 2. The van der Waals surface area contributed by atoms with E-state index in [4.69, 9.17) is 5.73 Å². The Balaban J connectivity index is 2.25. The van der Waals surface area contributed by atoms with Gasteiger partial charge in [-0.2, -0.15) is 0 Å². The van der Waals surface area contributed by atoms with Gasteiger partial charge in [-0.05, 0) is 25.7 Å². The molecule has 2 aliphatic rings. The molecule has 2 rings (SSSR count). The zero-order valence-corrected chi connectivity index (χ0v) is 10.7. The topological polar surface area (TPSA) is 55.4 Å². The van der Waals surface area contributed by atoms with E-state index in [0.29, 0.717) is 12.3 Å². The van der Waals surface area contributed by atoms with Gasteiger partial charge in [0.15, 0.2) is 5.78 Å². The van der Waals surface area contributed by atoms with Crippen molar-refractivity contribution in [1.29, 1.82) is 0 Å². The molecular weight excluding hydrogens is 212 g/mol. The maximum absolute atomic E-state index is 12.0. The molecule has 17 heavy (non-hydrogen) atoms. The molecule has 2 aliphatic carbocycles. The van der Waals surface area contributed by atoms with Crippen LogP contribution in [-0.2, 0) is 4.79 Å². The third kappa shape index (κ3) is 2.59. The zero-order valence-electron chi connectivity index (χ0n) is 10.7. The molecule has 94 valence electrons. The van der Waals surface area contributed by atoms with E-state index in [9.17, 15) is 4.79 Å². The second-order valence-electron chi connectivity index (χ2n) is 5.12. The Morgan fingerprint density at radius 2 is 1.88 bits per heavy atom. The maximum atomic E-state index is 12.0. The highest BCUT2D eigenvalue weighted by Gasteiger charge is 2.28. The monoisotopic (exact) mass is 234 g/mol. The number of hydrogen-bond donors (Lipinski definition) is 1. The Morgan fingerprint density at radius 1 is 1.18 bits per heavy atom. The van der Waals surface area contributed by atoms with E-state index in [2.05, 4.69) is 4.99 Å². The van der Waals surface area contributed by atoms with Crippen molar-refractivity contribution in [2.24, 2.45) is 16.6 Å².